The second kappa shape index (κ2) is 11.2. The van der Waals surface area contributed by atoms with E-state index < -0.39 is 23.8 Å². The van der Waals surface area contributed by atoms with Gasteiger partial charge in [-0.05, 0) is 50.6 Å². The van der Waals surface area contributed by atoms with Crippen molar-refractivity contribution >= 4 is 40.3 Å². The quantitative estimate of drug-likeness (QED) is 0.398. The number of fused-ring (bicyclic) bond motifs is 1. The van der Waals surface area contributed by atoms with E-state index >= 15 is 0 Å². The highest BCUT2D eigenvalue weighted by Gasteiger charge is 2.31. The fourth-order valence-corrected chi connectivity index (χ4v) is 4.59. The van der Waals surface area contributed by atoms with Gasteiger partial charge in [-0.1, -0.05) is 23.7 Å². The summed E-state index contributed by atoms with van der Waals surface area (Å²) >= 11 is 6.47. The van der Waals surface area contributed by atoms with Crippen LogP contribution in [0, 0.1) is 12.7 Å². The fraction of sp³-hybridized carbons (Fsp3) is 0.296. The number of hydrogen-bond donors (Lipinski definition) is 1. The first-order chi connectivity index (χ1) is 17.7. The minimum Gasteiger partial charge on any atom is -0.487 e. The number of aliphatic imine (C=N–C) groups is 1. The van der Waals surface area contributed by atoms with Crippen LogP contribution in [-0.2, 0) is 16.1 Å². The summed E-state index contributed by atoms with van der Waals surface area (Å²) in [5.74, 6) is -0.903. The molecule has 10 heteroatoms. The summed E-state index contributed by atoms with van der Waals surface area (Å²) < 4.78 is 39.5. The second-order valence-electron chi connectivity index (χ2n) is 8.71. The molecule has 7 nitrogen and oxygen atoms in total. The molecule has 2 aromatic carbocycles. The number of aromatic nitrogens is 1. The van der Waals surface area contributed by atoms with Crippen LogP contribution in [0.2, 0.25) is 5.02 Å². The molecule has 1 fully saturated rings. The van der Waals surface area contributed by atoms with Crippen LogP contribution in [0.3, 0.4) is 0 Å². The van der Waals surface area contributed by atoms with Gasteiger partial charge in [-0.15, -0.1) is 0 Å². The van der Waals surface area contributed by atoms with Gasteiger partial charge >= 0.3 is 0 Å². The van der Waals surface area contributed by atoms with E-state index in [1.165, 1.54) is 12.1 Å². The van der Waals surface area contributed by atoms with Crippen LogP contribution in [0.4, 0.5) is 14.5 Å². The number of pyridine rings is 1. The summed E-state index contributed by atoms with van der Waals surface area (Å²) in [7, 11) is 0. The van der Waals surface area contributed by atoms with Crippen molar-refractivity contribution in [1.29, 1.82) is 0 Å². The Morgan fingerprint density at radius 2 is 2.19 bits per heavy atom. The number of rotatable bonds is 7. The molecular formula is C27H27ClF2N4O3. The number of carbonyl (C=O) groups excluding carboxylic acids is 1. The zero-order valence-electron chi connectivity index (χ0n) is 20.7. The van der Waals surface area contributed by atoms with E-state index in [0.717, 1.165) is 12.4 Å². The van der Waals surface area contributed by atoms with E-state index in [1.807, 2.05) is 6.92 Å². The summed E-state index contributed by atoms with van der Waals surface area (Å²) in [6.07, 6.45) is 1.28. The van der Waals surface area contributed by atoms with Gasteiger partial charge in [0.05, 0.1) is 29.6 Å². The summed E-state index contributed by atoms with van der Waals surface area (Å²) in [6, 6.07) is 9.18. The molecule has 0 saturated carbocycles. The number of halogens is 3. The van der Waals surface area contributed by atoms with Gasteiger partial charge in [0.1, 0.15) is 29.8 Å². The van der Waals surface area contributed by atoms with Crippen molar-refractivity contribution < 1.29 is 23.0 Å². The predicted molar refractivity (Wildman–Crippen MR) is 139 cm³/mol. The van der Waals surface area contributed by atoms with E-state index in [2.05, 4.69) is 9.98 Å². The van der Waals surface area contributed by atoms with Gasteiger partial charge in [0.2, 0.25) is 0 Å². The highest BCUT2D eigenvalue weighted by molar-refractivity contribution is 6.31. The first-order valence-electron chi connectivity index (χ1n) is 11.7. The molecule has 2 atom stereocenters. The van der Waals surface area contributed by atoms with E-state index in [4.69, 9.17) is 26.8 Å². The third-order valence-corrected chi connectivity index (χ3v) is 6.55. The molecule has 0 radical (unpaired) electrons. The normalized spacial score (nSPS) is 17.6. The van der Waals surface area contributed by atoms with Crippen LogP contribution in [0.1, 0.15) is 36.7 Å². The molecule has 1 saturated heterocycles. The molecule has 194 valence electrons. The molecule has 4 rings (SSSR count). The van der Waals surface area contributed by atoms with Gasteiger partial charge < -0.3 is 20.1 Å². The first-order valence-corrected chi connectivity index (χ1v) is 12.1. The maximum absolute atomic E-state index is 14.4. The van der Waals surface area contributed by atoms with Gasteiger partial charge in [0.15, 0.2) is 5.83 Å². The SMILES string of the molecule is Cc1cc(N=C/C(F)=C\N)c2cccc(OCc3c(Cl)cc(F)cc3[C@H](C)N3CCOC(C)C3=O)c2n1. The van der Waals surface area contributed by atoms with Crippen molar-refractivity contribution in [2.45, 2.75) is 39.5 Å². The molecule has 1 aliphatic heterocycles. The zero-order chi connectivity index (χ0) is 26.7. The molecule has 1 aromatic heterocycles. The van der Waals surface area contributed by atoms with Gasteiger partial charge in [-0.25, -0.2) is 13.8 Å². The van der Waals surface area contributed by atoms with Crippen molar-refractivity contribution in [3.8, 4) is 5.75 Å². The molecule has 3 aromatic rings. The fourth-order valence-electron chi connectivity index (χ4n) is 4.32. The molecule has 1 amide bonds. The lowest BCUT2D eigenvalue weighted by Gasteiger charge is -2.36. The van der Waals surface area contributed by atoms with E-state index in [9.17, 15) is 13.6 Å². The van der Waals surface area contributed by atoms with Crippen LogP contribution in [-0.4, -0.2) is 41.3 Å². The Kier molecular flexibility index (Phi) is 8.04. The molecule has 1 aliphatic rings. The van der Waals surface area contributed by atoms with Gasteiger partial charge in [0, 0.05) is 29.4 Å². The summed E-state index contributed by atoms with van der Waals surface area (Å²) in [5, 5.41) is 0.838. The van der Waals surface area contributed by atoms with Crippen LogP contribution in [0.15, 0.2) is 53.4 Å². The van der Waals surface area contributed by atoms with Crippen LogP contribution in [0.25, 0.3) is 10.9 Å². The van der Waals surface area contributed by atoms with Crippen LogP contribution >= 0.6 is 11.6 Å². The number of ether oxygens (including phenoxy) is 2. The van der Waals surface area contributed by atoms with Crippen molar-refractivity contribution in [3.63, 3.8) is 0 Å². The van der Waals surface area contributed by atoms with Crippen molar-refractivity contribution in [3.05, 3.63) is 76.1 Å². The summed E-state index contributed by atoms with van der Waals surface area (Å²) in [5.41, 5.74) is 7.97. The first kappa shape index (κ1) is 26.5. The van der Waals surface area contributed by atoms with E-state index in [1.54, 1.807) is 43.0 Å². The lowest BCUT2D eigenvalue weighted by molar-refractivity contribution is -0.154. The molecule has 37 heavy (non-hydrogen) atoms. The number of carbonyl (C=O) groups is 1. The molecule has 2 N–H and O–H groups in total. The lowest BCUT2D eigenvalue weighted by atomic mass is 9.99. The Bertz CT molecular complexity index is 1400. The molecule has 0 aliphatic carbocycles. The lowest BCUT2D eigenvalue weighted by Crippen LogP contribution is -2.47. The van der Waals surface area contributed by atoms with Crippen LogP contribution < -0.4 is 10.5 Å². The number of hydrogen-bond acceptors (Lipinski definition) is 6. The highest BCUT2D eigenvalue weighted by atomic mass is 35.5. The topological polar surface area (TPSA) is 90.0 Å². The number of morpholine rings is 1. The van der Waals surface area contributed by atoms with Crippen LogP contribution in [0.5, 0.6) is 5.75 Å². The Hall–Kier alpha value is -3.56. The average Bonchev–Trinajstić information content (AvgIpc) is 2.87. The maximum Gasteiger partial charge on any atom is 0.251 e. The third kappa shape index (κ3) is 5.73. The average molecular weight is 529 g/mol. The number of amides is 1. The van der Waals surface area contributed by atoms with E-state index in [-0.39, 0.29) is 17.5 Å². The molecule has 1 unspecified atom stereocenters. The van der Waals surface area contributed by atoms with Crippen molar-refractivity contribution in [2.75, 3.05) is 13.2 Å². The monoisotopic (exact) mass is 528 g/mol. The third-order valence-electron chi connectivity index (χ3n) is 6.21. The summed E-state index contributed by atoms with van der Waals surface area (Å²) in [4.78, 5) is 23.2. The Labute approximate surface area is 218 Å². The minimum absolute atomic E-state index is 0.00471. The second-order valence-corrected chi connectivity index (χ2v) is 9.12. The zero-order valence-corrected chi connectivity index (χ0v) is 21.4. The van der Waals surface area contributed by atoms with Gasteiger partial charge in [0.25, 0.3) is 5.91 Å². The predicted octanol–water partition coefficient (Wildman–Crippen LogP) is 5.69. The van der Waals surface area contributed by atoms with Gasteiger partial charge in [-0.2, -0.15) is 0 Å². The Balaban J connectivity index is 1.69. The number of aryl methyl sites for hydroxylation is 1. The number of nitrogens with zero attached hydrogens (tertiary/aromatic N) is 3. The van der Waals surface area contributed by atoms with Crippen molar-refractivity contribution in [1.82, 2.24) is 9.88 Å². The smallest absolute Gasteiger partial charge is 0.251 e. The maximum atomic E-state index is 14.4. The molecular weight excluding hydrogens is 502 g/mol. The summed E-state index contributed by atoms with van der Waals surface area (Å²) in [6.45, 7) is 6.09. The Morgan fingerprint density at radius 1 is 1.41 bits per heavy atom. The minimum atomic E-state index is -0.671. The van der Waals surface area contributed by atoms with Gasteiger partial charge in [-0.3, -0.25) is 9.79 Å². The molecule has 0 bridgehead atoms. The standard InChI is InChI=1S/C27H27ClF2N4O3/c1-15-9-24(32-13-19(30)12-31)20-5-4-6-25(26(20)33-15)37-14-22-21(10-18(29)11-23(22)28)16(2)34-7-8-36-17(3)27(34)35/h4-6,9-13,16-17H,7-8,14,31H2,1-3H3/b19-12+,32-13?/t16-,17?/m0/s1. The number of allylic oxidation sites excluding steroid dienone is 1. The molecule has 0 spiro atoms. The van der Waals surface area contributed by atoms with Crippen molar-refractivity contribution in [2.24, 2.45) is 10.7 Å². The number of benzene rings is 2. The molecule has 2 heterocycles. The Morgan fingerprint density at radius 3 is 2.95 bits per heavy atom. The number of para-hydroxylation sites is 1. The highest BCUT2D eigenvalue weighted by Crippen LogP contribution is 2.35. The largest absolute Gasteiger partial charge is 0.487 e. The van der Waals surface area contributed by atoms with E-state index in [0.29, 0.717) is 52.3 Å². The number of nitrogens with two attached hydrogens (primary N) is 1.